The molecule has 144 valence electrons. The fourth-order valence-corrected chi connectivity index (χ4v) is 3.21. The second kappa shape index (κ2) is 15.9. The summed E-state index contributed by atoms with van der Waals surface area (Å²) < 4.78 is 6.09. The zero-order valence-electron chi connectivity index (χ0n) is 17.1. The zero-order valence-corrected chi connectivity index (χ0v) is 17.1. The molecule has 0 unspecified atom stereocenters. The summed E-state index contributed by atoms with van der Waals surface area (Å²) in [5, 5.41) is 0. The van der Waals surface area contributed by atoms with Gasteiger partial charge < -0.3 is 9.22 Å². The Kier molecular flexibility index (Phi) is 15.6. The molecule has 0 aromatic carbocycles. The maximum Gasteiger partial charge on any atom is 0.361 e. The molecule has 0 aliphatic carbocycles. The molecular formula is C21H44NO2+. The van der Waals surface area contributed by atoms with Crippen molar-refractivity contribution in [1.82, 2.24) is 0 Å². The summed E-state index contributed by atoms with van der Waals surface area (Å²) in [6, 6.07) is 0. The van der Waals surface area contributed by atoms with Crippen molar-refractivity contribution in [2.75, 3.05) is 33.8 Å². The zero-order chi connectivity index (χ0) is 18.1. The third-order valence-electron chi connectivity index (χ3n) is 4.65. The predicted molar refractivity (Wildman–Crippen MR) is 104 cm³/mol. The van der Waals surface area contributed by atoms with Crippen LogP contribution < -0.4 is 0 Å². The Morgan fingerprint density at radius 1 is 0.708 bits per heavy atom. The number of quaternary nitrogens is 1. The number of carbonyl (C=O) groups excluding carboxylic acids is 1. The summed E-state index contributed by atoms with van der Waals surface area (Å²) in [7, 11) is 4.18. The number of nitrogens with zero attached hydrogens (tertiary/aromatic N) is 1. The van der Waals surface area contributed by atoms with Crippen LogP contribution in [-0.2, 0) is 9.53 Å². The number of hydrogen-bond acceptors (Lipinski definition) is 2. The lowest BCUT2D eigenvalue weighted by atomic mass is 10.1. The van der Waals surface area contributed by atoms with Crippen LogP contribution in [0.3, 0.4) is 0 Å². The van der Waals surface area contributed by atoms with Crippen LogP contribution in [0.2, 0.25) is 0 Å². The van der Waals surface area contributed by atoms with Crippen LogP contribution >= 0.6 is 0 Å². The van der Waals surface area contributed by atoms with Gasteiger partial charge in [-0.3, -0.25) is 0 Å². The number of hydrogen-bond donors (Lipinski definition) is 0. The van der Waals surface area contributed by atoms with Gasteiger partial charge in [0.2, 0.25) is 0 Å². The van der Waals surface area contributed by atoms with Crippen molar-refractivity contribution in [2.24, 2.45) is 0 Å². The molecule has 0 amide bonds. The number of ether oxygens (including phenoxy) is 1. The Bertz CT molecular complexity index is 290. The maximum absolute atomic E-state index is 11.8. The third-order valence-corrected chi connectivity index (χ3v) is 4.65. The molecule has 0 atom stereocenters. The molecule has 0 aliphatic rings. The normalized spacial score (nSPS) is 11.7. The molecule has 0 spiro atoms. The van der Waals surface area contributed by atoms with Crippen molar-refractivity contribution in [1.29, 1.82) is 0 Å². The third kappa shape index (κ3) is 16.3. The molecule has 3 heteroatoms. The molecule has 3 nitrogen and oxygen atoms in total. The van der Waals surface area contributed by atoms with Crippen LogP contribution in [-0.4, -0.2) is 44.2 Å². The first kappa shape index (κ1) is 23.4. The van der Waals surface area contributed by atoms with E-state index in [1.165, 1.54) is 70.6 Å². The summed E-state index contributed by atoms with van der Waals surface area (Å²) in [4.78, 5) is 11.8. The predicted octanol–water partition coefficient (Wildman–Crippen LogP) is 5.72. The SMILES string of the molecule is CCCCCCCCCCCCCCOC(=O)C[N+](C)(C)CCC. The van der Waals surface area contributed by atoms with Gasteiger partial charge in [0.05, 0.1) is 27.2 Å². The lowest BCUT2D eigenvalue weighted by molar-refractivity contribution is -0.883. The van der Waals surface area contributed by atoms with Crippen LogP contribution in [0.25, 0.3) is 0 Å². The second-order valence-corrected chi connectivity index (χ2v) is 7.93. The van der Waals surface area contributed by atoms with E-state index in [0.29, 0.717) is 13.2 Å². The van der Waals surface area contributed by atoms with Crippen LogP contribution in [0.4, 0.5) is 0 Å². The molecule has 0 rings (SSSR count). The Hall–Kier alpha value is -0.570. The minimum Gasteiger partial charge on any atom is -0.462 e. The lowest BCUT2D eigenvalue weighted by Crippen LogP contribution is -2.44. The topological polar surface area (TPSA) is 26.3 Å². The van der Waals surface area contributed by atoms with Crippen molar-refractivity contribution < 1.29 is 14.0 Å². The highest BCUT2D eigenvalue weighted by Gasteiger charge is 2.19. The number of esters is 1. The van der Waals surface area contributed by atoms with Gasteiger partial charge in [0.15, 0.2) is 6.54 Å². The van der Waals surface area contributed by atoms with Crippen LogP contribution in [0.5, 0.6) is 0 Å². The first-order valence-corrected chi connectivity index (χ1v) is 10.5. The quantitative estimate of drug-likeness (QED) is 0.192. The molecule has 0 aromatic rings. The van der Waals surface area contributed by atoms with E-state index in [1.807, 2.05) is 0 Å². The van der Waals surface area contributed by atoms with Gasteiger partial charge in [-0.1, -0.05) is 84.5 Å². The Labute approximate surface area is 151 Å². The van der Waals surface area contributed by atoms with E-state index in [4.69, 9.17) is 4.74 Å². The van der Waals surface area contributed by atoms with E-state index in [9.17, 15) is 4.79 Å². The monoisotopic (exact) mass is 342 g/mol. The van der Waals surface area contributed by atoms with Crippen LogP contribution in [0.1, 0.15) is 97.3 Å². The molecule has 24 heavy (non-hydrogen) atoms. The van der Waals surface area contributed by atoms with Crippen molar-refractivity contribution >= 4 is 5.97 Å². The molecule has 0 fully saturated rings. The summed E-state index contributed by atoms with van der Waals surface area (Å²) in [5.74, 6) is -0.0449. The fourth-order valence-electron chi connectivity index (χ4n) is 3.21. The second-order valence-electron chi connectivity index (χ2n) is 7.93. The Balaban J connectivity index is 3.29. The number of rotatable bonds is 17. The Morgan fingerprint density at radius 2 is 1.17 bits per heavy atom. The fraction of sp³-hybridized carbons (Fsp3) is 0.952. The van der Waals surface area contributed by atoms with Crippen molar-refractivity contribution in [3.8, 4) is 0 Å². The summed E-state index contributed by atoms with van der Waals surface area (Å²) in [6.45, 7) is 6.54. The minimum atomic E-state index is -0.0449. The molecule has 0 saturated carbocycles. The molecule has 0 N–H and O–H groups in total. The van der Waals surface area contributed by atoms with E-state index < -0.39 is 0 Å². The van der Waals surface area contributed by atoms with E-state index in [0.717, 1.165) is 23.9 Å². The summed E-state index contributed by atoms with van der Waals surface area (Å²) >= 11 is 0. The van der Waals surface area contributed by atoms with Gasteiger partial charge in [-0.2, -0.15) is 0 Å². The molecule has 0 heterocycles. The molecule has 0 aliphatic heterocycles. The van der Waals surface area contributed by atoms with Gasteiger partial charge in [-0.25, -0.2) is 4.79 Å². The average molecular weight is 343 g/mol. The van der Waals surface area contributed by atoms with E-state index in [-0.39, 0.29) is 5.97 Å². The Morgan fingerprint density at radius 3 is 1.62 bits per heavy atom. The smallest absolute Gasteiger partial charge is 0.361 e. The highest BCUT2D eigenvalue weighted by molar-refractivity contribution is 5.70. The summed E-state index contributed by atoms with van der Waals surface area (Å²) in [6.07, 6.45) is 17.1. The van der Waals surface area contributed by atoms with E-state index >= 15 is 0 Å². The lowest BCUT2D eigenvalue weighted by Gasteiger charge is -2.27. The number of carbonyl (C=O) groups is 1. The van der Waals surface area contributed by atoms with Crippen molar-refractivity contribution in [3.05, 3.63) is 0 Å². The van der Waals surface area contributed by atoms with E-state index in [2.05, 4.69) is 27.9 Å². The van der Waals surface area contributed by atoms with Gasteiger partial charge >= 0.3 is 5.97 Å². The highest BCUT2D eigenvalue weighted by atomic mass is 16.5. The molecule has 0 aromatic heterocycles. The van der Waals surface area contributed by atoms with Gasteiger partial charge in [0.1, 0.15) is 0 Å². The van der Waals surface area contributed by atoms with Crippen molar-refractivity contribution in [3.63, 3.8) is 0 Å². The average Bonchev–Trinajstić information content (AvgIpc) is 2.51. The minimum absolute atomic E-state index is 0.0449. The summed E-state index contributed by atoms with van der Waals surface area (Å²) in [5.41, 5.74) is 0. The van der Waals surface area contributed by atoms with Crippen LogP contribution in [0.15, 0.2) is 0 Å². The standard InChI is InChI=1S/C21H44NO2/c1-5-7-8-9-10-11-12-13-14-15-16-17-19-24-21(23)20-22(3,4)18-6-2/h5-20H2,1-4H3/q+1. The van der Waals surface area contributed by atoms with Gasteiger partial charge in [0, 0.05) is 0 Å². The first-order valence-electron chi connectivity index (χ1n) is 10.5. The number of unbranched alkanes of at least 4 members (excludes halogenated alkanes) is 11. The maximum atomic E-state index is 11.8. The van der Waals surface area contributed by atoms with Gasteiger partial charge in [0.25, 0.3) is 0 Å². The van der Waals surface area contributed by atoms with Crippen LogP contribution in [0, 0.1) is 0 Å². The van der Waals surface area contributed by atoms with Gasteiger partial charge in [-0.05, 0) is 12.8 Å². The molecule has 0 radical (unpaired) electrons. The molecule has 0 saturated heterocycles. The van der Waals surface area contributed by atoms with E-state index in [1.54, 1.807) is 0 Å². The first-order chi connectivity index (χ1) is 11.5. The van der Waals surface area contributed by atoms with Gasteiger partial charge in [-0.15, -0.1) is 0 Å². The largest absolute Gasteiger partial charge is 0.462 e. The molecule has 0 bridgehead atoms. The van der Waals surface area contributed by atoms with Crippen molar-refractivity contribution in [2.45, 2.75) is 97.3 Å². The highest BCUT2D eigenvalue weighted by Crippen LogP contribution is 2.12. The number of likely N-dealkylation sites (N-methyl/N-ethyl adjacent to an activating group) is 1. The molecular weight excluding hydrogens is 298 g/mol.